The molecule has 1 aliphatic carbocycles. The highest BCUT2D eigenvalue weighted by Crippen LogP contribution is 2.55. The highest BCUT2D eigenvalue weighted by atomic mass is 15.0. The Morgan fingerprint density at radius 2 is 2.05 bits per heavy atom. The van der Waals surface area contributed by atoms with Crippen molar-refractivity contribution in [2.75, 3.05) is 0 Å². The molecule has 2 nitrogen and oxygen atoms in total. The Balaban J connectivity index is 2.04. The first-order valence-corrected chi connectivity index (χ1v) is 7.47. The number of nitrogens with one attached hydrogen (secondary N) is 2. The topological polar surface area (TPSA) is 24.1 Å². The molecule has 0 saturated heterocycles. The molecule has 0 spiro atoms. The first-order chi connectivity index (χ1) is 9.13. The van der Waals surface area contributed by atoms with Crippen LogP contribution in [0.15, 0.2) is 47.0 Å². The van der Waals surface area contributed by atoms with E-state index in [2.05, 4.69) is 56.0 Å². The second kappa shape index (κ2) is 3.56. The van der Waals surface area contributed by atoms with Crippen LogP contribution in [0.25, 0.3) is 0 Å². The molecule has 0 aromatic rings. The van der Waals surface area contributed by atoms with Gasteiger partial charge in [0.05, 0.1) is 0 Å². The maximum Gasteiger partial charge on any atom is 0.0412 e. The van der Waals surface area contributed by atoms with E-state index in [1.807, 2.05) is 0 Å². The fraction of sp³-hybridized carbons (Fsp3) is 0.529. The predicted molar refractivity (Wildman–Crippen MR) is 78.1 cm³/mol. The van der Waals surface area contributed by atoms with Crippen molar-refractivity contribution < 1.29 is 0 Å². The molecule has 2 heteroatoms. The summed E-state index contributed by atoms with van der Waals surface area (Å²) < 4.78 is 0. The molecule has 100 valence electrons. The van der Waals surface area contributed by atoms with Crippen LogP contribution in [0, 0.1) is 17.3 Å². The van der Waals surface area contributed by atoms with E-state index in [-0.39, 0.29) is 5.41 Å². The van der Waals surface area contributed by atoms with Crippen LogP contribution in [-0.4, -0.2) is 6.04 Å². The normalized spacial score (nSPS) is 46.2. The molecule has 0 saturated carbocycles. The average Bonchev–Trinajstić information content (AvgIpc) is 2.69. The van der Waals surface area contributed by atoms with Crippen LogP contribution in [0.4, 0.5) is 0 Å². The lowest BCUT2D eigenvalue weighted by Crippen LogP contribution is -2.42. The van der Waals surface area contributed by atoms with Gasteiger partial charge in [-0.2, -0.15) is 0 Å². The summed E-state index contributed by atoms with van der Waals surface area (Å²) >= 11 is 0. The first-order valence-electron chi connectivity index (χ1n) is 7.47. The molecule has 4 atom stereocenters. The molecular formula is C17H22N2. The summed E-state index contributed by atoms with van der Waals surface area (Å²) in [4.78, 5) is 0. The summed E-state index contributed by atoms with van der Waals surface area (Å²) in [5.74, 6) is 1.29. The van der Waals surface area contributed by atoms with Gasteiger partial charge in [-0.05, 0) is 48.1 Å². The van der Waals surface area contributed by atoms with Gasteiger partial charge in [-0.25, -0.2) is 0 Å². The number of hydrogen-bond acceptors (Lipinski definition) is 2. The highest BCUT2D eigenvalue weighted by molar-refractivity contribution is 5.56. The van der Waals surface area contributed by atoms with Crippen molar-refractivity contribution >= 4 is 0 Å². The molecular weight excluding hydrogens is 232 g/mol. The Kier molecular flexibility index (Phi) is 2.13. The molecule has 0 amide bonds. The summed E-state index contributed by atoms with van der Waals surface area (Å²) in [5, 5.41) is 7.12. The van der Waals surface area contributed by atoms with E-state index in [9.17, 15) is 0 Å². The third-order valence-electron chi connectivity index (χ3n) is 5.97. The molecule has 4 aliphatic rings. The molecule has 0 aromatic carbocycles. The summed E-state index contributed by atoms with van der Waals surface area (Å²) in [7, 11) is 0. The number of hydrogen-bond donors (Lipinski definition) is 2. The average molecular weight is 254 g/mol. The van der Waals surface area contributed by atoms with Gasteiger partial charge in [0.15, 0.2) is 0 Å². The molecule has 0 fully saturated rings. The standard InChI is InChI=1S/C17H22N2/c1-10-12-4-5-14-13-6-8-18-9-7-17(14,3)11(2)15(10)19-16(12)13/h6-11,15,18-19H,4-5H2,1-3H3/b8-6-,9-7-. The quantitative estimate of drug-likeness (QED) is 0.693. The zero-order chi connectivity index (χ0) is 13.2. The highest BCUT2D eigenvalue weighted by Gasteiger charge is 2.49. The van der Waals surface area contributed by atoms with Crippen LogP contribution in [0.2, 0.25) is 0 Å². The number of rotatable bonds is 0. The van der Waals surface area contributed by atoms with Crippen LogP contribution in [-0.2, 0) is 0 Å². The van der Waals surface area contributed by atoms with Crippen LogP contribution in [0.3, 0.4) is 0 Å². The van der Waals surface area contributed by atoms with Crippen molar-refractivity contribution in [2.24, 2.45) is 17.3 Å². The maximum atomic E-state index is 3.84. The molecule has 3 aliphatic heterocycles. The van der Waals surface area contributed by atoms with Gasteiger partial charge in [-0.1, -0.05) is 32.4 Å². The monoisotopic (exact) mass is 254 g/mol. The van der Waals surface area contributed by atoms with Gasteiger partial charge in [0.25, 0.3) is 0 Å². The van der Waals surface area contributed by atoms with E-state index < -0.39 is 0 Å². The van der Waals surface area contributed by atoms with Crippen LogP contribution in [0.5, 0.6) is 0 Å². The Morgan fingerprint density at radius 3 is 2.89 bits per heavy atom. The Morgan fingerprint density at radius 1 is 1.21 bits per heavy atom. The van der Waals surface area contributed by atoms with E-state index in [1.54, 1.807) is 11.1 Å². The van der Waals surface area contributed by atoms with Crippen LogP contribution < -0.4 is 10.6 Å². The smallest absolute Gasteiger partial charge is 0.0412 e. The zero-order valence-corrected chi connectivity index (χ0v) is 12.0. The van der Waals surface area contributed by atoms with Crippen molar-refractivity contribution in [3.05, 3.63) is 47.0 Å². The van der Waals surface area contributed by atoms with Crippen molar-refractivity contribution in [2.45, 2.75) is 39.7 Å². The molecule has 4 rings (SSSR count). The van der Waals surface area contributed by atoms with Gasteiger partial charge in [-0.15, -0.1) is 0 Å². The van der Waals surface area contributed by atoms with Crippen molar-refractivity contribution in [3.8, 4) is 0 Å². The molecule has 0 aromatic heterocycles. The van der Waals surface area contributed by atoms with Crippen LogP contribution >= 0.6 is 0 Å². The summed E-state index contributed by atoms with van der Waals surface area (Å²) in [5.41, 5.74) is 6.37. The fourth-order valence-electron chi connectivity index (χ4n) is 4.59. The third kappa shape index (κ3) is 1.27. The van der Waals surface area contributed by atoms with E-state index >= 15 is 0 Å². The van der Waals surface area contributed by atoms with Gasteiger partial charge < -0.3 is 10.6 Å². The van der Waals surface area contributed by atoms with Crippen LogP contribution in [0.1, 0.15) is 33.6 Å². The van der Waals surface area contributed by atoms with Gasteiger partial charge in [0, 0.05) is 23.4 Å². The summed E-state index contributed by atoms with van der Waals surface area (Å²) in [6, 6.07) is 0.582. The molecule has 4 unspecified atom stereocenters. The van der Waals surface area contributed by atoms with Gasteiger partial charge in [0.2, 0.25) is 0 Å². The lowest BCUT2D eigenvalue weighted by Gasteiger charge is -2.43. The number of fused-ring (bicyclic) bond motifs is 1. The van der Waals surface area contributed by atoms with Crippen molar-refractivity contribution in [1.82, 2.24) is 10.6 Å². The van der Waals surface area contributed by atoms with E-state index in [0.29, 0.717) is 17.9 Å². The lowest BCUT2D eigenvalue weighted by molar-refractivity contribution is 0.224. The van der Waals surface area contributed by atoms with Gasteiger partial charge in [0.1, 0.15) is 0 Å². The SMILES string of the molecule is CC1C2=C3NC1C(C)C1(C)/C=C\N/C=C\C3=C1CC2. The molecule has 5 bridgehead atoms. The van der Waals surface area contributed by atoms with Crippen molar-refractivity contribution in [1.29, 1.82) is 0 Å². The Hall–Kier alpha value is -1.44. The number of allylic oxidation sites excluding steroid dienone is 3. The maximum absolute atomic E-state index is 3.84. The van der Waals surface area contributed by atoms with Gasteiger partial charge in [-0.3, -0.25) is 0 Å². The minimum atomic E-state index is 0.173. The molecule has 3 heterocycles. The second-order valence-corrected chi connectivity index (χ2v) is 6.66. The van der Waals surface area contributed by atoms with E-state index in [0.717, 1.165) is 0 Å². The predicted octanol–water partition coefficient (Wildman–Crippen LogP) is 3.23. The largest absolute Gasteiger partial charge is 0.381 e. The summed E-state index contributed by atoms with van der Waals surface area (Å²) in [6.45, 7) is 7.24. The van der Waals surface area contributed by atoms with Crippen molar-refractivity contribution in [3.63, 3.8) is 0 Å². The second-order valence-electron chi connectivity index (χ2n) is 6.66. The fourth-order valence-corrected chi connectivity index (χ4v) is 4.59. The van der Waals surface area contributed by atoms with Gasteiger partial charge >= 0.3 is 0 Å². The zero-order valence-electron chi connectivity index (χ0n) is 12.0. The third-order valence-corrected chi connectivity index (χ3v) is 5.97. The molecule has 2 N–H and O–H groups in total. The minimum Gasteiger partial charge on any atom is -0.381 e. The Bertz CT molecular complexity index is 564. The minimum absolute atomic E-state index is 0.173. The lowest BCUT2D eigenvalue weighted by atomic mass is 9.61. The summed E-state index contributed by atoms with van der Waals surface area (Å²) in [6.07, 6.45) is 11.3. The Labute approximate surface area is 115 Å². The molecule has 0 radical (unpaired) electrons. The first kappa shape index (κ1) is 11.4. The van der Waals surface area contributed by atoms with E-state index in [4.69, 9.17) is 0 Å². The van der Waals surface area contributed by atoms with E-state index in [1.165, 1.54) is 24.1 Å². The molecule has 19 heavy (non-hydrogen) atoms.